The average molecular weight is 298 g/mol. The van der Waals surface area contributed by atoms with Crippen LogP contribution in [0.1, 0.15) is 43.6 Å². The van der Waals surface area contributed by atoms with Crippen LogP contribution in [0, 0.1) is 6.92 Å². The predicted octanol–water partition coefficient (Wildman–Crippen LogP) is 3.11. The molecule has 4 nitrogen and oxygen atoms in total. The summed E-state index contributed by atoms with van der Waals surface area (Å²) in [6.07, 6.45) is 0. The van der Waals surface area contributed by atoms with E-state index in [-0.39, 0.29) is 5.91 Å². The second kappa shape index (κ2) is 6.27. The Morgan fingerprint density at radius 2 is 1.90 bits per heavy atom. The smallest absolute Gasteiger partial charge is 0.328 e. The number of benzene rings is 1. The minimum absolute atomic E-state index is 0.330. The number of esters is 1. The number of hydrogen-bond donors (Lipinski definition) is 1. The molecule has 1 aromatic carbocycles. The SMILES string of the molecule is Cc1cc(C(=O)N[C@H](C)C(=O)OC(C)(C)C)ccc1Cl. The van der Waals surface area contributed by atoms with Gasteiger partial charge in [-0.25, -0.2) is 4.79 Å². The lowest BCUT2D eigenvalue weighted by molar-refractivity contribution is -0.156. The van der Waals surface area contributed by atoms with Crippen molar-refractivity contribution in [1.29, 1.82) is 0 Å². The molecule has 1 aromatic rings. The molecule has 0 aromatic heterocycles. The maximum atomic E-state index is 12.0. The predicted molar refractivity (Wildman–Crippen MR) is 79.0 cm³/mol. The van der Waals surface area contributed by atoms with Crippen LogP contribution in [-0.2, 0) is 9.53 Å². The van der Waals surface area contributed by atoms with Crippen molar-refractivity contribution in [3.63, 3.8) is 0 Å². The molecule has 110 valence electrons. The number of aryl methyl sites for hydroxylation is 1. The fraction of sp³-hybridized carbons (Fsp3) is 0.467. The van der Waals surface area contributed by atoms with Gasteiger partial charge in [0.15, 0.2) is 0 Å². The van der Waals surface area contributed by atoms with Gasteiger partial charge in [-0.15, -0.1) is 0 Å². The Bertz CT molecular complexity index is 520. The van der Waals surface area contributed by atoms with E-state index in [0.29, 0.717) is 10.6 Å². The Morgan fingerprint density at radius 1 is 1.30 bits per heavy atom. The van der Waals surface area contributed by atoms with Gasteiger partial charge in [-0.3, -0.25) is 4.79 Å². The second-order valence-corrected chi connectivity index (χ2v) is 6.10. The number of ether oxygens (including phenoxy) is 1. The van der Waals surface area contributed by atoms with E-state index in [4.69, 9.17) is 16.3 Å². The molecule has 1 N–H and O–H groups in total. The molecular weight excluding hydrogens is 278 g/mol. The fourth-order valence-corrected chi connectivity index (χ4v) is 1.63. The van der Waals surface area contributed by atoms with Crippen molar-refractivity contribution in [3.8, 4) is 0 Å². The Hall–Kier alpha value is -1.55. The van der Waals surface area contributed by atoms with E-state index >= 15 is 0 Å². The molecule has 0 unspecified atom stereocenters. The van der Waals surface area contributed by atoms with Crippen LogP contribution in [0.2, 0.25) is 5.02 Å². The number of halogens is 1. The van der Waals surface area contributed by atoms with Crippen molar-refractivity contribution in [2.45, 2.75) is 46.3 Å². The first-order valence-electron chi connectivity index (χ1n) is 6.40. The highest BCUT2D eigenvalue weighted by molar-refractivity contribution is 6.31. The highest BCUT2D eigenvalue weighted by Crippen LogP contribution is 2.16. The average Bonchev–Trinajstić information content (AvgIpc) is 2.30. The first kappa shape index (κ1) is 16.5. The van der Waals surface area contributed by atoms with Crippen LogP contribution in [0.15, 0.2) is 18.2 Å². The quantitative estimate of drug-likeness (QED) is 0.872. The van der Waals surface area contributed by atoms with Crippen molar-refractivity contribution in [2.75, 3.05) is 0 Å². The summed E-state index contributed by atoms with van der Waals surface area (Å²) >= 11 is 5.91. The summed E-state index contributed by atoms with van der Waals surface area (Å²) < 4.78 is 5.20. The van der Waals surface area contributed by atoms with Gasteiger partial charge in [0.2, 0.25) is 0 Å². The number of carbonyl (C=O) groups is 2. The summed E-state index contributed by atoms with van der Waals surface area (Å²) in [7, 11) is 0. The van der Waals surface area contributed by atoms with E-state index in [0.717, 1.165) is 5.56 Å². The van der Waals surface area contributed by atoms with Gasteiger partial charge in [0.1, 0.15) is 11.6 Å². The van der Waals surface area contributed by atoms with Gasteiger partial charge < -0.3 is 10.1 Å². The van der Waals surface area contributed by atoms with Crippen molar-refractivity contribution >= 4 is 23.5 Å². The highest BCUT2D eigenvalue weighted by atomic mass is 35.5. The topological polar surface area (TPSA) is 55.4 Å². The molecule has 0 aliphatic carbocycles. The maximum absolute atomic E-state index is 12.0. The van der Waals surface area contributed by atoms with Crippen molar-refractivity contribution in [1.82, 2.24) is 5.32 Å². The Morgan fingerprint density at radius 3 is 2.40 bits per heavy atom. The number of rotatable bonds is 3. The Labute approximate surface area is 124 Å². The third-order valence-corrected chi connectivity index (χ3v) is 2.95. The molecule has 0 saturated heterocycles. The third-order valence-electron chi connectivity index (χ3n) is 2.53. The molecule has 0 aliphatic heterocycles. The van der Waals surface area contributed by atoms with Gasteiger partial charge in [0, 0.05) is 10.6 Å². The summed E-state index contributed by atoms with van der Waals surface area (Å²) in [5.41, 5.74) is 0.693. The van der Waals surface area contributed by atoms with Crippen molar-refractivity contribution in [2.24, 2.45) is 0 Å². The molecule has 0 aliphatic rings. The van der Waals surface area contributed by atoms with E-state index in [1.807, 2.05) is 6.92 Å². The molecule has 1 atom stereocenters. The Balaban J connectivity index is 2.70. The molecule has 0 bridgehead atoms. The van der Waals surface area contributed by atoms with Crippen LogP contribution in [0.4, 0.5) is 0 Å². The van der Waals surface area contributed by atoms with Crippen LogP contribution < -0.4 is 5.32 Å². The summed E-state index contributed by atoms with van der Waals surface area (Å²) in [5.74, 6) is -0.792. The lowest BCUT2D eigenvalue weighted by atomic mass is 10.1. The van der Waals surface area contributed by atoms with Crippen LogP contribution in [0.25, 0.3) is 0 Å². The van der Waals surface area contributed by atoms with Gasteiger partial charge >= 0.3 is 5.97 Å². The van der Waals surface area contributed by atoms with Gasteiger partial charge in [-0.05, 0) is 58.4 Å². The molecule has 0 heterocycles. The van der Waals surface area contributed by atoms with Crippen LogP contribution in [0.5, 0.6) is 0 Å². The maximum Gasteiger partial charge on any atom is 0.328 e. The van der Waals surface area contributed by atoms with E-state index in [1.54, 1.807) is 45.9 Å². The molecule has 0 saturated carbocycles. The van der Waals surface area contributed by atoms with Gasteiger partial charge in [0.05, 0.1) is 0 Å². The van der Waals surface area contributed by atoms with E-state index < -0.39 is 17.6 Å². The molecule has 0 spiro atoms. The van der Waals surface area contributed by atoms with Crippen molar-refractivity contribution < 1.29 is 14.3 Å². The van der Waals surface area contributed by atoms with Gasteiger partial charge in [-0.2, -0.15) is 0 Å². The molecule has 1 amide bonds. The standard InChI is InChI=1S/C15H20ClNO3/c1-9-8-11(6-7-12(9)16)13(18)17-10(2)14(19)20-15(3,4)5/h6-8,10H,1-5H3,(H,17,18)/t10-/m1/s1. The van der Waals surface area contributed by atoms with Crippen molar-refractivity contribution in [3.05, 3.63) is 34.3 Å². The third kappa shape index (κ3) is 4.85. The van der Waals surface area contributed by atoms with Crippen LogP contribution in [0.3, 0.4) is 0 Å². The summed E-state index contributed by atoms with van der Waals surface area (Å²) in [6.45, 7) is 8.75. The largest absolute Gasteiger partial charge is 0.458 e. The minimum Gasteiger partial charge on any atom is -0.458 e. The second-order valence-electron chi connectivity index (χ2n) is 5.69. The molecular formula is C15H20ClNO3. The number of hydrogen-bond acceptors (Lipinski definition) is 3. The monoisotopic (exact) mass is 297 g/mol. The van der Waals surface area contributed by atoms with E-state index in [9.17, 15) is 9.59 Å². The van der Waals surface area contributed by atoms with Gasteiger partial charge in [-0.1, -0.05) is 11.6 Å². The van der Waals surface area contributed by atoms with Crippen LogP contribution in [-0.4, -0.2) is 23.5 Å². The molecule has 5 heteroatoms. The molecule has 0 fully saturated rings. The molecule has 20 heavy (non-hydrogen) atoms. The highest BCUT2D eigenvalue weighted by Gasteiger charge is 2.23. The first-order valence-corrected chi connectivity index (χ1v) is 6.78. The summed E-state index contributed by atoms with van der Waals surface area (Å²) in [4.78, 5) is 23.8. The number of amides is 1. The zero-order chi connectivity index (χ0) is 15.5. The van der Waals surface area contributed by atoms with Gasteiger partial charge in [0.25, 0.3) is 5.91 Å². The Kier molecular flexibility index (Phi) is 5.17. The fourth-order valence-electron chi connectivity index (χ4n) is 1.51. The number of nitrogens with one attached hydrogen (secondary N) is 1. The lowest BCUT2D eigenvalue weighted by Gasteiger charge is -2.22. The first-order chi connectivity index (χ1) is 9.10. The normalized spacial score (nSPS) is 12.7. The number of carbonyl (C=O) groups excluding carboxylic acids is 2. The molecule has 0 radical (unpaired) electrons. The molecule has 1 rings (SSSR count). The van der Waals surface area contributed by atoms with Crippen LogP contribution >= 0.6 is 11.6 Å². The minimum atomic E-state index is -0.710. The summed E-state index contributed by atoms with van der Waals surface area (Å²) in [6, 6.07) is 4.24. The summed E-state index contributed by atoms with van der Waals surface area (Å²) in [5, 5.41) is 3.21. The lowest BCUT2D eigenvalue weighted by Crippen LogP contribution is -2.42. The van der Waals surface area contributed by atoms with E-state index in [2.05, 4.69) is 5.32 Å². The zero-order valence-electron chi connectivity index (χ0n) is 12.4. The zero-order valence-corrected chi connectivity index (χ0v) is 13.2. The van der Waals surface area contributed by atoms with E-state index in [1.165, 1.54) is 0 Å².